The van der Waals surface area contributed by atoms with Crippen molar-refractivity contribution in [1.82, 2.24) is 20.2 Å². The Bertz CT molecular complexity index is 1480. The van der Waals surface area contributed by atoms with Gasteiger partial charge in [0.2, 0.25) is 0 Å². The summed E-state index contributed by atoms with van der Waals surface area (Å²) in [5.41, 5.74) is 7.13. The number of amidine groups is 1. The molecule has 0 aliphatic rings. The van der Waals surface area contributed by atoms with Crippen molar-refractivity contribution in [1.29, 1.82) is 0 Å². The summed E-state index contributed by atoms with van der Waals surface area (Å²) in [5.74, 6) is 1.84. The van der Waals surface area contributed by atoms with Crippen LogP contribution in [0, 0.1) is 13.8 Å². The fraction of sp³-hybridized carbons (Fsp3) is 0.250. The van der Waals surface area contributed by atoms with Gasteiger partial charge in [-0.15, -0.1) is 0 Å². The van der Waals surface area contributed by atoms with E-state index in [-0.39, 0.29) is 5.78 Å². The number of nitrogens with zero attached hydrogens (tertiary/aromatic N) is 3. The highest BCUT2D eigenvalue weighted by molar-refractivity contribution is 6.09. The lowest BCUT2D eigenvalue weighted by Gasteiger charge is -2.12. The summed E-state index contributed by atoms with van der Waals surface area (Å²) in [7, 11) is 1.80. The standard InChI is InChI=1S/C16H16N4.C9H12.C7H10N2O/c1-11-5-3-4-6-14(11)16(17-2)19-13-7-8-15-12(9-13)10-18-20-15;1-3-9-6-4-5-8(2)7-9;1-2-6(10)5-7-8-3-4-9-7/h3-10H,1-2H3,(H,17,19)(H,18,20);4-7H,3H2,1-2H3;3-4H,2,5H2,1H3,(H,8,9). The first-order valence-electron chi connectivity index (χ1n) is 13.2. The highest BCUT2D eigenvalue weighted by Gasteiger charge is 2.07. The number of hydrogen-bond donors (Lipinski definition) is 3. The highest BCUT2D eigenvalue weighted by atomic mass is 16.1. The van der Waals surface area contributed by atoms with E-state index in [0.717, 1.165) is 40.2 Å². The fourth-order valence-corrected chi connectivity index (χ4v) is 3.88. The SMILES string of the molecule is CCC(=O)Cc1ncc[nH]1.CCc1cccc(C)c1.CN=C(Nc1ccc2[nH]ncc2c1)c1ccccc1C. The zero-order valence-corrected chi connectivity index (χ0v) is 23.5. The molecule has 3 aromatic carbocycles. The summed E-state index contributed by atoms with van der Waals surface area (Å²) < 4.78 is 0. The second kappa shape index (κ2) is 15.0. The number of rotatable bonds is 6. The van der Waals surface area contributed by atoms with E-state index < -0.39 is 0 Å². The minimum Gasteiger partial charge on any atom is -0.348 e. The number of ketones is 1. The van der Waals surface area contributed by atoms with Gasteiger partial charge in [0.15, 0.2) is 0 Å². The molecule has 3 N–H and O–H groups in total. The van der Waals surface area contributed by atoms with Gasteiger partial charge in [0.05, 0.1) is 18.1 Å². The summed E-state index contributed by atoms with van der Waals surface area (Å²) in [4.78, 5) is 22.0. The molecular weight excluding hydrogens is 484 g/mol. The summed E-state index contributed by atoms with van der Waals surface area (Å²) in [6.45, 7) is 8.24. The van der Waals surface area contributed by atoms with Gasteiger partial charge in [0, 0.05) is 42.5 Å². The molecule has 0 saturated heterocycles. The summed E-state index contributed by atoms with van der Waals surface area (Å²) in [6, 6.07) is 22.9. The zero-order chi connectivity index (χ0) is 28.0. The third-order valence-electron chi connectivity index (χ3n) is 6.13. The molecule has 202 valence electrons. The van der Waals surface area contributed by atoms with Crippen LogP contribution >= 0.6 is 0 Å². The van der Waals surface area contributed by atoms with E-state index in [0.29, 0.717) is 12.8 Å². The number of H-pyrrole nitrogens is 2. The van der Waals surface area contributed by atoms with Crippen LogP contribution in [0.1, 0.15) is 48.3 Å². The molecule has 0 bridgehead atoms. The first kappa shape index (κ1) is 29.0. The van der Waals surface area contributed by atoms with Crippen LogP contribution in [0.25, 0.3) is 10.9 Å². The van der Waals surface area contributed by atoms with Crippen LogP contribution in [0.5, 0.6) is 0 Å². The normalized spacial score (nSPS) is 10.7. The van der Waals surface area contributed by atoms with Crippen molar-refractivity contribution in [2.24, 2.45) is 4.99 Å². The molecule has 0 aliphatic carbocycles. The Morgan fingerprint density at radius 2 is 1.82 bits per heavy atom. The highest BCUT2D eigenvalue weighted by Crippen LogP contribution is 2.18. The van der Waals surface area contributed by atoms with Gasteiger partial charge in [-0.05, 0) is 49.6 Å². The third kappa shape index (κ3) is 9.07. The summed E-state index contributed by atoms with van der Waals surface area (Å²) in [6.07, 6.45) is 7.35. The molecule has 0 saturated carbocycles. The lowest BCUT2D eigenvalue weighted by molar-refractivity contribution is -0.118. The van der Waals surface area contributed by atoms with Crippen molar-refractivity contribution in [2.75, 3.05) is 12.4 Å². The number of fused-ring (bicyclic) bond motifs is 1. The van der Waals surface area contributed by atoms with Crippen LogP contribution in [0.2, 0.25) is 0 Å². The van der Waals surface area contributed by atoms with Crippen LogP contribution in [-0.4, -0.2) is 38.8 Å². The van der Waals surface area contributed by atoms with Crippen molar-refractivity contribution >= 4 is 28.2 Å². The van der Waals surface area contributed by atoms with Crippen LogP contribution in [-0.2, 0) is 17.6 Å². The van der Waals surface area contributed by atoms with Gasteiger partial charge >= 0.3 is 0 Å². The molecule has 0 spiro atoms. The fourth-order valence-electron chi connectivity index (χ4n) is 3.88. The maximum Gasteiger partial charge on any atom is 0.140 e. The number of aromatic amines is 2. The smallest absolute Gasteiger partial charge is 0.140 e. The number of aromatic nitrogens is 4. The van der Waals surface area contributed by atoms with Gasteiger partial charge in [-0.25, -0.2) is 4.98 Å². The van der Waals surface area contributed by atoms with Crippen LogP contribution in [0.3, 0.4) is 0 Å². The molecule has 7 heteroatoms. The predicted octanol–water partition coefficient (Wildman–Crippen LogP) is 6.85. The summed E-state index contributed by atoms with van der Waals surface area (Å²) in [5, 5.41) is 11.4. The summed E-state index contributed by atoms with van der Waals surface area (Å²) >= 11 is 0. The molecule has 0 atom stereocenters. The van der Waals surface area contributed by atoms with E-state index in [2.05, 4.69) is 93.7 Å². The number of imidazole rings is 1. The Balaban J connectivity index is 0.000000185. The van der Waals surface area contributed by atoms with Crippen LogP contribution in [0.4, 0.5) is 5.69 Å². The Labute approximate surface area is 230 Å². The monoisotopic (exact) mass is 522 g/mol. The van der Waals surface area contributed by atoms with Gasteiger partial charge in [-0.1, -0.05) is 67.9 Å². The number of carbonyl (C=O) groups excluding carboxylic acids is 1. The van der Waals surface area contributed by atoms with E-state index in [4.69, 9.17) is 0 Å². The number of aryl methyl sites for hydroxylation is 3. The molecule has 5 rings (SSSR count). The van der Waals surface area contributed by atoms with Crippen molar-refractivity contribution in [3.63, 3.8) is 0 Å². The number of hydrogen-bond acceptors (Lipinski definition) is 4. The zero-order valence-electron chi connectivity index (χ0n) is 23.5. The van der Waals surface area contributed by atoms with E-state index in [9.17, 15) is 4.79 Å². The van der Waals surface area contributed by atoms with Crippen molar-refractivity contribution in [2.45, 2.75) is 47.0 Å². The van der Waals surface area contributed by atoms with Gasteiger partial charge in [-0.3, -0.25) is 14.9 Å². The molecular formula is C32H38N6O. The van der Waals surface area contributed by atoms with Crippen molar-refractivity contribution < 1.29 is 4.79 Å². The number of anilines is 1. The predicted molar refractivity (Wildman–Crippen MR) is 162 cm³/mol. The lowest BCUT2D eigenvalue weighted by Crippen LogP contribution is -2.14. The second-order valence-corrected chi connectivity index (χ2v) is 9.13. The maximum absolute atomic E-state index is 10.8. The number of carbonyl (C=O) groups is 1. The van der Waals surface area contributed by atoms with Gasteiger partial charge in [0.1, 0.15) is 17.4 Å². The van der Waals surface area contributed by atoms with Crippen LogP contribution < -0.4 is 5.32 Å². The van der Waals surface area contributed by atoms with Gasteiger partial charge in [0.25, 0.3) is 0 Å². The molecule has 0 fully saturated rings. The number of Topliss-reactive ketones (excluding diaryl/α,β-unsaturated/α-hetero) is 1. The molecule has 7 nitrogen and oxygen atoms in total. The molecule has 0 radical (unpaired) electrons. The topological polar surface area (TPSA) is 98.8 Å². The lowest BCUT2D eigenvalue weighted by atomic mass is 10.1. The molecule has 0 unspecified atom stereocenters. The van der Waals surface area contributed by atoms with Crippen molar-refractivity contribution in [3.8, 4) is 0 Å². The Hall–Kier alpha value is -4.52. The average Bonchev–Trinajstić information content (AvgIpc) is 3.65. The van der Waals surface area contributed by atoms with E-state index in [1.807, 2.05) is 37.4 Å². The maximum atomic E-state index is 10.8. The average molecular weight is 523 g/mol. The minimum absolute atomic E-state index is 0.218. The first-order valence-corrected chi connectivity index (χ1v) is 13.2. The minimum atomic E-state index is 0.218. The van der Waals surface area contributed by atoms with Gasteiger partial charge in [-0.2, -0.15) is 5.10 Å². The number of benzene rings is 3. The Morgan fingerprint density at radius 3 is 2.46 bits per heavy atom. The third-order valence-corrected chi connectivity index (χ3v) is 6.13. The van der Waals surface area contributed by atoms with Gasteiger partial charge < -0.3 is 10.3 Å². The van der Waals surface area contributed by atoms with E-state index in [1.165, 1.54) is 16.7 Å². The Morgan fingerprint density at radius 1 is 1.00 bits per heavy atom. The quantitative estimate of drug-likeness (QED) is 0.168. The largest absolute Gasteiger partial charge is 0.348 e. The molecule has 5 aromatic rings. The van der Waals surface area contributed by atoms with Crippen LogP contribution in [0.15, 0.2) is 90.3 Å². The van der Waals surface area contributed by atoms with E-state index >= 15 is 0 Å². The van der Waals surface area contributed by atoms with Crippen molar-refractivity contribution in [3.05, 3.63) is 113 Å². The Kier molecular flexibility index (Phi) is 11.2. The molecule has 2 aromatic heterocycles. The number of nitrogens with one attached hydrogen (secondary N) is 3. The van der Waals surface area contributed by atoms with E-state index in [1.54, 1.807) is 19.4 Å². The molecule has 39 heavy (non-hydrogen) atoms. The molecule has 2 heterocycles. The second-order valence-electron chi connectivity index (χ2n) is 9.13. The first-order chi connectivity index (χ1) is 18.9. The molecule has 0 aliphatic heterocycles. The molecule has 0 amide bonds. The number of aliphatic imine (C=N–C) groups is 1.